The Labute approximate surface area is 154 Å². The molecule has 1 amide bonds. The normalized spacial score (nSPS) is 15.7. The molecule has 2 aromatic rings. The summed E-state index contributed by atoms with van der Waals surface area (Å²) in [5, 5.41) is 0. The molecule has 1 aliphatic heterocycles. The summed E-state index contributed by atoms with van der Waals surface area (Å²) in [6.45, 7) is 6.22. The van der Waals surface area contributed by atoms with Gasteiger partial charge in [0, 0.05) is 26.2 Å². The highest BCUT2D eigenvalue weighted by Gasteiger charge is 2.27. The van der Waals surface area contributed by atoms with E-state index in [1.54, 1.807) is 24.0 Å². The summed E-state index contributed by atoms with van der Waals surface area (Å²) >= 11 is 0. The van der Waals surface area contributed by atoms with Crippen molar-refractivity contribution in [2.45, 2.75) is 26.4 Å². The van der Waals surface area contributed by atoms with Gasteiger partial charge in [0.05, 0.1) is 5.69 Å². The van der Waals surface area contributed by atoms with Crippen LogP contribution in [0.15, 0.2) is 48.5 Å². The third-order valence-electron chi connectivity index (χ3n) is 4.79. The zero-order valence-electron chi connectivity index (χ0n) is 15.3. The van der Waals surface area contributed by atoms with Gasteiger partial charge in [-0.3, -0.25) is 4.79 Å². The highest BCUT2D eigenvalue weighted by atomic mass is 19.1. The van der Waals surface area contributed by atoms with Crippen molar-refractivity contribution >= 4 is 11.6 Å². The van der Waals surface area contributed by atoms with Gasteiger partial charge in [-0.1, -0.05) is 37.3 Å². The lowest BCUT2D eigenvalue weighted by Crippen LogP contribution is -2.52. The van der Waals surface area contributed by atoms with Crippen molar-refractivity contribution in [2.24, 2.45) is 0 Å². The molecule has 1 aliphatic rings. The number of para-hydroxylation sites is 2. The number of hydrogen-bond donors (Lipinski definition) is 0. The van der Waals surface area contributed by atoms with Crippen LogP contribution in [0.3, 0.4) is 0 Å². The van der Waals surface area contributed by atoms with E-state index >= 15 is 0 Å². The SMILES string of the molecule is CCc1ccccc1O[C@@H](C)C(=O)N1CCN(c2ccccc2F)CC1. The standard InChI is InChI=1S/C21H25FN2O2/c1-3-17-8-4-7-11-20(17)26-16(2)21(25)24-14-12-23(13-15-24)19-10-6-5-9-18(19)22/h4-11,16H,3,12-15H2,1-2H3/t16-/m0/s1. The fourth-order valence-electron chi connectivity index (χ4n) is 3.28. The van der Waals surface area contributed by atoms with E-state index in [9.17, 15) is 9.18 Å². The molecule has 1 saturated heterocycles. The molecule has 5 heteroatoms. The molecule has 1 fully saturated rings. The number of carbonyl (C=O) groups is 1. The molecule has 0 N–H and O–H groups in total. The summed E-state index contributed by atoms with van der Waals surface area (Å²) in [5.41, 5.74) is 1.69. The average Bonchev–Trinajstić information content (AvgIpc) is 2.68. The van der Waals surface area contributed by atoms with Crippen molar-refractivity contribution < 1.29 is 13.9 Å². The van der Waals surface area contributed by atoms with Crippen LogP contribution in [0.2, 0.25) is 0 Å². The van der Waals surface area contributed by atoms with Gasteiger partial charge in [0.15, 0.2) is 6.10 Å². The highest BCUT2D eigenvalue weighted by molar-refractivity contribution is 5.81. The van der Waals surface area contributed by atoms with Crippen molar-refractivity contribution in [3.63, 3.8) is 0 Å². The maximum atomic E-state index is 13.9. The van der Waals surface area contributed by atoms with Gasteiger partial charge in [-0.25, -0.2) is 4.39 Å². The van der Waals surface area contributed by atoms with Crippen LogP contribution in [0.25, 0.3) is 0 Å². The van der Waals surface area contributed by atoms with Crippen LogP contribution in [0.5, 0.6) is 5.75 Å². The Morgan fingerprint density at radius 2 is 1.73 bits per heavy atom. The van der Waals surface area contributed by atoms with Crippen molar-refractivity contribution in [2.75, 3.05) is 31.1 Å². The van der Waals surface area contributed by atoms with E-state index in [2.05, 4.69) is 6.92 Å². The van der Waals surface area contributed by atoms with Gasteiger partial charge in [0.1, 0.15) is 11.6 Å². The number of piperazine rings is 1. The number of amides is 1. The first-order chi connectivity index (χ1) is 12.6. The summed E-state index contributed by atoms with van der Waals surface area (Å²) in [6, 6.07) is 14.6. The summed E-state index contributed by atoms with van der Waals surface area (Å²) in [7, 11) is 0. The Morgan fingerprint density at radius 1 is 1.08 bits per heavy atom. The van der Waals surface area contributed by atoms with Crippen LogP contribution in [-0.2, 0) is 11.2 Å². The maximum absolute atomic E-state index is 13.9. The number of ether oxygens (including phenoxy) is 1. The molecule has 3 rings (SSSR count). The summed E-state index contributed by atoms with van der Waals surface area (Å²) < 4.78 is 19.8. The van der Waals surface area contributed by atoms with Gasteiger partial charge < -0.3 is 14.5 Å². The molecule has 0 unspecified atom stereocenters. The maximum Gasteiger partial charge on any atom is 0.263 e. The fourth-order valence-corrected chi connectivity index (χ4v) is 3.28. The molecule has 2 aromatic carbocycles. The van der Waals surface area contributed by atoms with Crippen LogP contribution in [0.1, 0.15) is 19.4 Å². The zero-order chi connectivity index (χ0) is 18.5. The lowest BCUT2D eigenvalue weighted by molar-refractivity contribution is -0.138. The second-order valence-electron chi connectivity index (χ2n) is 6.49. The van der Waals surface area contributed by atoms with Crippen molar-refractivity contribution in [1.29, 1.82) is 0 Å². The first kappa shape index (κ1) is 18.2. The van der Waals surface area contributed by atoms with Gasteiger partial charge in [-0.2, -0.15) is 0 Å². The molecule has 1 heterocycles. The average molecular weight is 356 g/mol. The quantitative estimate of drug-likeness (QED) is 0.822. The number of aryl methyl sites for hydroxylation is 1. The minimum absolute atomic E-state index is 0.0240. The number of nitrogens with zero attached hydrogens (tertiary/aromatic N) is 2. The van der Waals surface area contributed by atoms with Crippen LogP contribution in [0, 0.1) is 5.82 Å². The predicted octanol–water partition coefficient (Wildman–Crippen LogP) is 3.50. The minimum Gasteiger partial charge on any atom is -0.481 e. The summed E-state index contributed by atoms with van der Waals surface area (Å²) in [4.78, 5) is 16.5. The molecule has 0 saturated carbocycles. The lowest BCUT2D eigenvalue weighted by atomic mass is 10.1. The first-order valence-corrected chi connectivity index (χ1v) is 9.13. The van der Waals surface area contributed by atoms with Gasteiger partial charge >= 0.3 is 0 Å². The Balaban J connectivity index is 1.59. The van der Waals surface area contributed by atoms with Crippen molar-refractivity contribution in [1.82, 2.24) is 4.90 Å². The largest absolute Gasteiger partial charge is 0.481 e. The number of carbonyl (C=O) groups excluding carboxylic acids is 1. The molecule has 26 heavy (non-hydrogen) atoms. The number of hydrogen-bond acceptors (Lipinski definition) is 3. The van der Waals surface area contributed by atoms with Gasteiger partial charge in [0.25, 0.3) is 5.91 Å². The number of rotatable bonds is 5. The van der Waals surface area contributed by atoms with Crippen molar-refractivity contribution in [3.8, 4) is 5.75 Å². The van der Waals surface area contributed by atoms with E-state index < -0.39 is 6.10 Å². The Kier molecular flexibility index (Phi) is 5.76. The van der Waals surface area contributed by atoms with E-state index in [-0.39, 0.29) is 11.7 Å². The van der Waals surface area contributed by atoms with Crippen LogP contribution in [0.4, 0.5) is 10.1 Å². The van der Waals surface area contributed by atoms with Crippen LogP contribution < -0.4 is 9.64 Å². The van der Waals surface area contributed by atoms with E-state index in [1.807, 2.05) is 35.2 Å². The Morgan fingerprint density at radius 3 is 2.42 bits per heavy atom. The molecule has 0 aliphatic carbocycles. The zero-order valence-corrected chi connectivity index (χ0v) is 15.3. The molecule has 138 valence electrons. The molecular weight excluding hydrogens is 331 g/mol. The third-order valence-corrected chi connectivity index (χ3v) is 4.79. The molecule has 0 radical (unpaired) electrons. The Bertz CT molecular complexity index is 757. The second kappa shape index (κ2) is 8.21. The smallest absolute Gasteiger partial charge is 0.263 e. The van der Waals surface area contributed by atoms with Crippen molar-refractivity contribution in [3.05, 3.63) is 59.9 Å². The lowest BCUT2D eigenvalue weighted by Gasteiger charge is -2.37. The van der Waals surface area contributed by atoms with E-state index in [0.717, 1.165) is 17.7 Å². The number of halogens is 1. The molecule has 4 nitrogen and oxygen atoms in total. The predicted molar refractivity (Wildman–Crippen MR) is 101 cm³/mol. The number of benzene rings is 2. The molecular formula is C21H25FN2O2. The highest BCUT2D eigenvalue weighted by Crippen LogP contribution is 2.22. The topological polar surface area (TPSA) is 32.8 Å². The van der Waals surface area contributed by atoms with E-state index in [4.69, 9.17) is 4.74 Å². The molecule has 0 bridgehead atoms. The van der Waals surface area contributed by atoms with Gasteiger partial charge in [-0.15, -0.1) is 0 Å². The molecule has 0 spiro atoms. The van der Waals surface area contributed by atoms with E-state index in [0.29, 0.717) is 31.9 Å². The minimum atomic E-state index is -0.539. The van der Waals surface area contributed by atoms with Gasteiger partial charge in [0.2, 0.25) is 0 Å². The van der Waals surface area contributed by atoms with Crippen LogP contribution >= 0.6 is 0 Å². The fraction of sp³-hybridized carbons (Fsp3) is 0.381. The second-order valence-corrected chi connectivity index (χ2v) is 6.49. The van der Waals surface area contributed by atoms with Gasteiger partial charge in [-0.05, 0) is 37.1 Å². The monoisotopic (exact) mass is 356 g/mol. The molecule has 1 atom stereocenters. The molecule has 0 aromatic heterocycles. The summed E-state index contributed by atoms with van der Waals surface area (Å²) in [5.74, 6) is 0.519. The first-order valence-electron chi connectivity index (χ1n) is 9.13. The Hall–Kier alpha value is -2.56. The number of anilines is 1. The van der Waals surface area contributed by atoms with Crippen LogP contribution in [-0.4, -0.2) is 43.1 Å². The van der Waals surface area contributed by atoms with E-state index in [1.165, 1.54) is 6.07 Å². The summed E-state index contributed by atoms with van der Waals surface area (Å²) in [6.07, 6.45) is 0.320. The third kappa shape index (κ3) is 3.98.